The molecule has 0 atom stereocenters. The summed E-state index contributed by atoms with van der Waals surface area (Å²) >= 11 is 0. The number of aryl methyl sites for hydroxylation is 16. The van der Waals surface area contributed by atoms with Gasteiger partial charge in [-0.15, -0.1) is 0 Å². The van der Waals surface area contributed by atoms with E-state index in [1.807, 2.05) is 96.9 Å². The molecular weight excluding hydrogens is 1580 g/mol. The average Bonchev–Trinajstić information content (AvgIpc) is 0.753. The van der Waals surface area contributed by atoms with E-state index in [1.165, 1.54) is 117 Å². The lowest BCUT2D eigenvalue weighted by Crippen LogP contribution is -2.32. The summed E-state index contributed by atoms with van der Waals surface area (Å²) in [6, 6.07) is 79.9. The quantitative estimate of drug-likeness (QED) is 0.155. The zero-order chi connectivity index (χ0) is 97.2. The molecule has 20 rings (SSSR count). The highest BCUT2D eigenvalue weighted by Gasteiger charge is 2.44. The Balaban J connectivity index is 0.000000123. The van der Waals surface area contributed by atoms with E-state index in [4.69, 9.17) is 31.9 Å². The molecule has 0 fully saturated rings. The number of aromatic nitrogens is 5. The topological polar surface area (TPSA) is 65.5 Å². The van der Waals surface area contributed by atoms with E-state index >= 15 is 0 Å². The number of ether oxygens (including phenoxy) is 5. The molecule has 129 heavy (non-hydrogen) atoms. The van der Waals surface area contributed by atoms with Crippen LogP contribution in [0.1, 0.15) is 220 Å². The minimum absolute atomic E-state index is 0.0874. The maximum absolute atomic E-state index is 7.81. The number of rotatable bonds is 6. The molecule has 5 aliphatic rings. The summed E-state index contributed by atoms with van der Waals surface area (Å²) in [5.74, 6) is 9.81. The van der Waals surface area contributed by atoms with Gasteiger partial charge in [0.05, 0.1) is 27.8 Å². The number of benzene rings is 10. The summed E-state index contributed by atoms with van der Waals surface area (Å²) in [5.41, 5.74) is 34.9. The molecule has 5 aliphatic heterocycles. The fraction of sp³-hybridized carbons (Fsp3) is 0.286. The van der Waals surface area contributed by atoms with Gasteiger partial charge in [-0.3, -0.25) is 0 Å². The number of fused-ring (bicyclic) bond motifs is 10. The van der Waals surface area contributed by atoms with Crippen molar-refractivity contribution in [2.75, 3.05) is 0 Å². The number of nitrogens with zero attached hydrogens (tertiary/aromatic N) is 5. The molecule has 654 valence electrons. The predicted octanol–water partition coefficient (Wildman–Crippen LogP) is 27.6. The van der Waals surface area contributed by atoms with Crippen molar-refractivity contribution in [3.8, 4) is 114 Å². The second-order valence-corrected chi connectivity index (χ2v) is 39.0. The fourth-order valence-electron chi connectivity index (χ4n) is 19.9. The molecule has 10 aromatic carbocycles. The molecule has 10 heterocycles. The van der Waals surface area contributed by atoms with Crippen molar-refractivity contribution in [3.05, 3.63) is 384 Å². The zero-order valence-corrected chi connectivity index (χ0v) is 80.2. The molecule has 0 N–H and O–H groups in total. The van der Waals surface area contributed by atoms with Gasteiger partial charge < -0.3 is 23.7 Å². The first-order valence-corrected chi connectivity index (χ1v) is 45.2. The van der Waals surface area contributed by atoms with Crippen LogP contribution in [-0.2, 0) is 62.3 Å². The van der Waals surface area contributed by atoms with Crippen LogP contribution in [0.25, 0.3) is 56.3 Å². The standard InChI is InChI=1S/C25H28NO.2C24H26NO.2C23H24NO/c1-16(2)18-12-14-21(26(6)15-18)23-17(3)11-13-20-24(23)27-22-10-8-7-9-19(22)25(20,4)5;2*1-15-11-12-19-23(22(15)20-13-16(2)17(3)14-25(20)6)26-21-10-8-7-9-18(21)24(19,4)5;2*1-15-10-13-19(24(5)14-15)21-16(2)11-12-18-22(21)25-20-9-7-6-8-17(20)23(18,3)4/h7-16H,1-6H3;2*7-14H,1-6H3;2*6-14H,1-5H3/q5*+1/i;3D3;;1D3;. The molecule has 0 unspecified atom stereocenters. The summed E-state index contributed by atoms with van der Waals surface area (Å²) < 4.78 is 89.1. The fourth-order valence-corrected chi connectivity index (χ4v) is 19.9. The van der Waals surface area contributed by atoms with E-state index < -0.39 is 13.7 Å². The third-order valence-corrected chi connectivity index (χ3v) is 27.8. The molecule has 0 saturated carbocycles. The number of para-hydroxylation sites is 5. The second-order valence-electron chi connectivity index (χ2n) is 39.0. The van der Waals surface area contributed by atoms with E-state index in [-0.39, 0.29) is 27.1 Å². The Morgan fingerprint density at radius 2 is 0.481 bits per heavy atom. The molecule has 10 nitrogen and oxygen atoms in total. The Morgan fingerprint density at radius 1 is 0.233 bits per heavy atom. The van der Waals surface area contributed by atoms with Crippen LogP contribution < -0.4 is 46.5 Å². The lowest BCUT2D eigenvalue weighted by molar-refractivity contribution is -0.661. The van der Waals surface area contributed by atoms with Gasteiger partial charge in [0.15, 0.2) is 31.0 Å². The van der Waals surface area contributed by atoms with E-state index in [0.29, 0.717) is 17.0 Å². The number of hydrogen-bond donors (Lipinski definition) is 0. The van der Waals surface area contributed by atoms with Crippen LogP contribution in [0.3, 0.4) is 0 Å². The Hall–Kier alpha value is -13.1. The smallest absolute Gasteiger partial charge is 0.216 e. The third kappa shape index (κ3) is 16.1. The van der Waals surface area contributed by atoms with Crippen LogP contribution in [0.15, 0.2) is 262 Å². The maximum atomic E-state index is 7.81. The second kappa shape index (κ2) is 34.2. The first-order valence-electron chi connectivity index (χ1n) is 48.2. The Morgan fingerprint density at radius 3 is 0.760 bits per heavy atom. The summed E-state index contributed by atoms with van der Waals surface area (Å²) in [5, 5.41) is 0. The Labute approximate surface area is 775 Å². The maximum Gasteiger partial charge on any atom is 0.216 e. The predicted molar refractivity (Wildman–Crippen MR) is 525 cm³/mol. The SMILES string of the molecule is Cc1cc(-c2c(C)ccc3c2Oc2ccccc2C3(C)C)[n+](C)cc1C.Cc1ccc(-c2c(C)ccc3c2Oc2ccccc2C3(C)C)[n+](C)c1.Cc1ccc2c(c1-c1ccc(C(C)C)c[n+]1C)Oc1ccccc1C2(C)C.[2H]C([2H])([2H])c1c[n+](C)c(-c2c(C)ccc3c2Oc2ccccc2C3(C)C)cc1C.[2H]C([2H])([2H])c1ccc(-c2c(C)ccc3c2Oc2ccccc2C3(C)C)[n+](C)c1. The minimum Gasteiger partial charge on any atom is -0.456 e. The van der Waals surface area contributed by atoms with Crippen molar-refractivity contribution in [1.29, 1.82) is 0 Å². The van der Waals surface area contributed by atoms with Crippen molar-refractivity contribution in [2.45, 2.75) is 192 Å². The number of hydrogen-bond acceptors (Lipinski definition) is 5. The van der Waals surface area contributed by atoms with E-state index in [2.05, 4.69) is 350 Å². The van der Waals surface area contributed by atoms with Crippen molar-refractivity contribution in [3.63, 3.8) is 0 Å². The molecule has 0 spiro atoms. The van der Waals surface area contributed by atoms with Crippen LogP contribution in [0.2, 0.25) is 0 Å². The van der Waals surface area contributed by atoms with E-state index in [0.717, 1.165) is 108 Å². The first kappa shape index (κ1) is 81.7. The monoisotopic (exact) mass is 1710 g/mol. The highest BCUT2D eigenvalue weighted by molar-refractivity contribution is 5.81. The van der Waals surface area contributed by atoms with Gasteiger partial charge in [0.2, 0.25) is 28.5 Å². The molecule has 0 radical (unpaired) electrons. The molecule has 0 amide bonds. The van der Waals surface area contributed by atoms with Crippen LogP contribution >= 0.6 is 0 Å². The average molecular weight is 1710 g/mol. The van der Waals surface area contributed by atoms with Gasteiger partial charge >= 0.3 is 0 Å². The Kier molecular flexibility index (Phi) is 21.6. The molecule has 0 saturated heterocycles. The molecule has 0 aliphatic carbocycles. The molecule has 15 aromatic rings. The molecular formula is C119H128N5O5+5. The largest absolute Gasteiger partial charge is 0.456 e. The molecule has 0 bridgehead atoms. The van der Waals surface area contributed by atoms with Crippen molar-refractivity contribution in [2.24, 2.45) is 35.2 Å². The van der Waals surface area contributed by atoms with Crippen molar-refractivity contribution >= 4 is 0 Å². The highest BCUT2D eigenvalue weighted by atomic mass is 16.5. The third-order valence-electron chi connectivity index (χ3n) is 27.8. The summed E-state index contributed by atoms with van der Waals surface area (Å²) in [7, 11) is 10.1. The van der Waals surface area contributed by atoms with Crippen LogP contribution in [0.4, 0.5) is 0 Å². The van der Waals surface area contributed by atoms with Gasteiger partial charge in [-0.1, -0.05) is 235 Å². The van der Waals surface area contributed by atoms with E-state index in [9.17, 15) is 0 Å². The van der Waals surface area contributed by atoms with Gasteiger partial charge in [0.1, 0.15) is 92.7 Å². The Bertz CT molecular complexity index is 7250. The minimum atomic E-state index is -2.14. The highest BCUT2D eigenvalue weighted by Crippen LogP contribution is 2.58. The van der Waals surface area contributed by atoms with Crippen LogP contribution in [0, 0.1) is 76.0 Å². The summed E-state index contributed by atoms with van der Waals surface area (Å²) in [6.07, 6.45) is 10.0. The normalized spacial score (nSPS) is 15.3. The van der Waals surface area contributed by atoms with Gasteiger partial charge in [-0.05, 0) is 169 Å². The lowest BCUT2D eigenvalue weighted by Gasteiger charge is -2.35. The summed E-state index contributed by atoms with van der Waals surface area (Å²) in [4.78, 5) is 0. The first-order chi connectivity index (χ1) is 63.6. The summed E-state index contributed by atoms with van der Waals surface area (Å²) in [6.45, 7) is 41.7. The van der Waals surface area contributed by atoms with E-state index in [1.54, 1.807) is 18.5 Å². The molecule has 10 heteroatoms. The van der Waals surface area contributed by atoms with Gasteiger partial charge in [0.25, 0.3) is 0 Å². The lowest BCUT2D eigenvalue weighted by atomic mass is 9.74. The van der Waals surface area contributed by atoms with Gasteiger partial charge in [-0.25, -0.2) is 22.8 Å². The zero-order valence-electron chi connectivity index (χ0n) is 86.2. The number of pyridine rings is 5. The van der Waals surface area contributed by atoms with Crippen LogP contribution in [-0.4, -0.2) is 0 Å². The van der Waals surface area contributed by atoms with Crippen molar-refractivity contribution < 1.29 is 54.7 Å². The van der Waals surface area contributed by atoms with Crippen molar-refractivity contribution in [1.82, 2.24) is 0 Å². The van der Waals surface area contributed by atoms with Gasteiger partial charge in [0, 0.05) is 149 Å². The van der Waals surface area contributed by atoms with Crippen LogP contribution in [0.5, 0.6) is 57.5 Å². The molecule has 5 aromatic heterocycles. The van der Waals surface area contributed by atoms with Gasteiger partial charge in [-0.2, -0.15) is 0 Å².